The number of rotatable bonds is 3. The van der Waals surface area contributed by atoms with E-state index in [1.165, 1.54) is 12.1 Å². The van der Waals surface area contributed by atoms with Crippen LogP contribution in [0.25, 0.3) is 0 Å². The molecule has 8 heteroatoms. The van der Waals surface area contributed by atoms with Crippen molar-refractivity contribution in [3.05, 3.63) is 28.0 Å². The molecule has 0 radical (unpaired) electrons. The van der Waals surface area contributed by atoms with E-state index in [2.05, 4.69) is 21.2 Å². The van der Waals surface area contributed by atoms with Gasteiger partial charge < -0.3 is 10.4 Å². The zero-order valence-electron chi connectivity index (χ0n) is 10.6. The van der Waals surface area contributed by atoms with Gasteiger partial charge in [-0.25, -0.2) is 8.78 Å². The van der Waals surface area contributed by atoms with Crippen molar-refractivity contribution in [2.24, 2.45) is 0 Å². The van der Waals surface area contributed by atoms with E-state index >= 15 is 0 Å². The number of alkyl halides is 1. The van der Waals surface area contributed by atoms with Crippen LogP contribution in [-0.4, -0.2) is 42.9 Å². The fourth-order valence-corrected chi connectivity index (χ4v) is 2.66. The van der Waals surface area contributed by atoms with Crippen LogP contribution in [0.15, 0.2) is 16.6 Å². The number of piperazine rings is 1. The molecule has 2 N–H and O–H groups in total. The minimum atomic E-state index is -0.649. The molecule has 1 aliphatic rings. The number of nitrogens with one attached hydrogen (secondary N) is 1. The lowest BCUT2D eigenvalue weighted by Crippen LogP contribution is -2.45. The lowest BCUT2D eigenvalue weighted by atomic mass is 10.0. The van der Waals surface area contributed by atoms with Crippen LogP contribution in [0.3, 0.4) is 0 Å². The Hall–Kier alpha value is -0.140. The van der Waals surface area contributed by atoms with E-state index in [4.69, 9.17) is 0 Å². The smallest absolute Gasteiger partial charge is 0.134 e. The lowest BCUT2D eigenvalue weighted by Gasteiger charge is -2.34. The Morgan fingerprint density at radius 1 is 1.30 bits per heavy atom. The van der Waals surface area contributed by atoms with Crippen molar-refractivity contribution in [3.63, 3.8) is 0 Å². The lowest BCUT2D eigenvalue weighted by molar-refractivity contribution is 0.145. The summed E-state index contributed by atoms with van der Waals surface area (Å²) >= 11 is 3.08. The van der Waals surface area contributed by atoms with Crippen molar-refractivity contribution < 1.29 is 13.9 Å². The second kappa shape index (κ2) is 9.00. The standard InChI is InChI=1S/C12H15BrF2N2O.2ClH/c13-10-6-8(15)5-9(12(10)18)11(7-14)17-3-1-16-2-4-17;;/h5-6,11,16,18H,1-4,7H2;2*1H/t11-;;/m0../s1. The highest BCUT2D eigenvalue weighted by Crippen LogP contribution is 2.35. The van der Waals surface area contributed by atoms with E-state index in [0.717, 1.165) is 13.1 Å². The summed E-state index contributed by atoms with van der Waals surface area (Å²) in [5.74, 6) is -0.569. The van der Waals surface area contributed by atoms with E-state index in [-0.39, 0.29) is 35.0 Å². The van der Waals surface area contributed by atoms with Crippen LogP contribution in [0.1, 0.15) is 11.6 Å². The first-order valence-electron chi connectivity index (χ1n) is 5.82. The number of halogens is 5. The molecule has 0 saturated carbocycles. The molecule has 1 aromatic rings. The van der Waals surface area contributed by atoms with Gasteiger partial charge in [-0.2, -0.15) is 0 Å². The van der Waals surface area contributed by atoms with Gasteiger partial charge >= 0.3 is 0 Å². The number of phenols is 1. The van der Waals surface area contributed by atoms with Gasteiger partial charge in [0.25, 0.3) is 0 Å². The molecule has 0 aliphatic carbocycles. The predicted octanol–water partition coefficient (Wildman–Crippen LogP) is 3.05. The van der Waals surface area contributed by atoms with Crippen molar-refractivity contribution in [2.75, 3.05) is 32.9 Å². The third kappa shape index (κ3) is 4.43. The van der Waals surface area contributed by atoms with Crippen molar-refractivity contribution in [2.45, 2.75) is 6.04 Å². The van der Waals surface area contributed by atoms with E-state index in [0.29, 0.717) is 18.7 Å². The molecule has 116 valence electrons. The quantitative estimate of drug-likeness (QED) is 0.828. The van der Waals surface area contributed by atoms with Crippen molar-refractivity contribution in [3.8, 4) is 5.75 Å². The first kappa shape index (κ1) is 19.9. The van der Waals surface area contributed by atoms with Crippen LogP contribution in [-0.2, 0) is 0 Å². The maximum atomic E-state index is 13.4. The predicted molar refractivity (Wildman–Crippen MR) is 83.4 cm³/mol. The molecule has 0 spiro atoms. The van der Waals surface area contributed by atoms with E-state index in [1.807, 2.05) is 4.90 Å². The molecular weight excluding hydrogens is 377 g/mol. The molecule has 3 nitrogen and oxygen atoms in total. The zero-order valence-corrected chi connectivity index (χ0v) is 13.8. The van der Waals surface area contributed by atoms with Crippen LogP contribution in [0.4, 0.5) is 8.78 Å². The van der Waals surface area contributed by atoms with Gasteiger partial charge in [0.2, 0.25) is 0 Å². The monoisotopic (exact) mass is 392 g/mol. The first-order valence-corrected chi connectivity index (χ1v) is 6.61. The average Bonchev–Trinajstić information content (AvgIpc) is 2.37. The Morgan fingerprint density at radius 3 is 2.45 bits per heavy atom. The fraction of sp³-hybridized carbons (Fsp3) is 0.500. The van der Waals surface area contributed by atoms with Gasteiger partial charge in [0, 0.05) is 31.7 Å². The summed E-state index contributed by atoms with van der Waals surface area (Å²) in [4.78, 5) is 1.91. The molecule has 1 atom stereocenters. The van der Waals surface area contributed by atoms with Crippen molar-refractivity contribution >= 4 is 40.7 Å². The summed E-state index contributed by atoms with van der Waals surface area (Å²) in [6.07, 6.45) is 0. The first-order chi connectivity index (χ1) is 8.63. The molecular formula is C12H17BrCl2F2N2O. The Morgan fingerprint density at radius 2 is 1.90 bits per heavy atom. The van der Waals surface area contributed by atoms with Crippen molar-refractivity contribution in [1.29, 1.82) is 0 Å². The summed E-state index contributed by atoms with van der Waals surface area (Å²) in [7, 11) is 0. The largest absolute Gasteiger partial charge is 0.506 e. The second-order valence-corrected chi connectivity index (χ2v) is 5.14. The fourth-order valence-electron chi connectivity index (χ4n) is 2.21. The van der Waals surface area contributed by atoms with Crippen molar-refractivity contribution in [1.82, 2.24) is 10.2 Å². The maximum absolute atomic E-state index is 13.4. The minimum absolute atomic E-state index is 0. The third-order valence-electron chi connectivity index (χ3n) is 3.16. The van der Waals surface area contributed by atoms with E-state index < -0.39 is 18.5 Å². The van der Waals surface area contributed by atoms with Crippen LogP contribution >= 0.6 is 40.7 Å². The number of hydrogen-bond acceptors (Lipinski definition) is 3. The molecule has 1 aromatic carbocycles. The van der Waals surface area contributed by atoms with Gasteiger partial charge in [0.1, 0.15) is 18.2 Å². The number of hydrogen-bond donors (Lipinski definition) is 2. The molecule has 0 bridgehead atoms. The van der Waals surface area contributed by atoms with Gasteiger partial charge in [-0.05, 0) is 28.1 Å². The highest BCUT2D eigenvalue weighted by Gasteiger charge is 2.25. The normalized spacial score (nSPS) is 16.9. The molecule has 1 heterocycles. The average molecular weight is 394 g/mol. The van der Waals surface area contributed by atoms with Gasteiger partial charge in [-0.15, -0.1) is 24.8 Å². The summed E-state index contributed by atoms with van der Waals surface area (Å²) in [5.41, 5.74) is 0.297. The highest BCUT2D eigenvalue weighted by molar-refractivity contribution is 9.10. The molecule has 1 fully saturated rings. The molecule has 1 saturated heterocycles. The summed E-state index contributed by atoms with van der Waals surface area (Å²) in [6.45, 7) is 2.26. The van der Waals surface area contributed by atoms with E-state index in [9.17, 15) is 13.9 Å². The topological polar surface area (TPSA) is 35.5 Å². The SMILES string of the molecule is Cl.Cl.Oc1c(Br)cc(F)cc1[C@H](CF)N1CCNCC1. The number of nitrogens with zero attached hydrogens (tertiary/aromatic N) is 1. The number of aromatic hydroxyl groups is 1. The third-order valence-corrected chi connectivity index (χ3v) is 3.76. The minimum Gasteiger partial charge on any atom is -0.506 e. The molecule has 2 rings (SSSR count). The van der Waals surface area contributed by atoms with Crippen LogP contribution in [0.2, 0.25) is 0 Å². The second-order valence-electron chi connectivity index (χ2n) is 4.28. The molecule has 0 amide bonds. The van der Waals surface area contributed by atoms with Gasteiger partial charge in [0.05, 0.1) is 10.5 Å². The maximum Gasteiger partial charge on any atom is 0.134 e. The van der Waals surface area contributed by atoms with Gasteiger partial charge in [-0.1, -0.05) is 0 Å². The highest BCUT2D eigenvalue weighted by atomic mass is 79.9. The van der Waals surface area contributed by atoms with Crippen LogP contribution in [0.5, 0.6) is 5.75 Å². The molecule has 20 heavy (non-hydrogen) atoms. The molecule has 0 unspecified atom stereocenters. The number of phenolic OH excluding ortho intramolecular Hbond substituents is 1. The number of benzene rings is 1. The Bertz CT molecular complexity index is 434. The van der Waals surface area contributed by atoms with Gasteiger partial charge in [0.15, 0.2) is 0 Å². The Kier molecular flexibility index (Phi) is 8.93. The molecule has 0 aromatic heterocycles. The Balaban J connectivity index is 0.00000180. The molecule has 1 aliphatic heterocycles. The van der Waals surface area contributed by atoms with E-state index in [1.54, 1.807) is 0 Å². The summed E-state index contributed by atoms with van der Waals surface area (Å²) < 4.78 is 26.9. The van der Waals surface area contributed by atoms with Crippen LogP contribution < -0.4 is 5.32 Å². The zero-order chi connectivity index (χ0) is 13.1. The summed E-state index contributed by atoms with van der Waals surface area (Å²) in [6, 6.07) is 1.78. The van der Waals surface area contributed by atoms with Crippen LogP contribution in [0, 0.1) is 5.82 Å². The summed E-state index contributed by atoms with van der Waals surface area (Å²) in [5, 5.41) is 13.1. The Labute approximate surface area is 137 Å². The van der Waals surface area contributed by atoms with Gasteiger partial charge in [-0.3, -0.25) is 4.90 Å².